The highest BCUT2D eigenvalue weighted by atomic mass is 79.9. The summed E-state index contributed by atoms with van der Waals surface area (Å²) in [4.78, 5) is 13.1. The summed E-state index contributed by atoms with van der Waals surface area (Å²) in [5, 5.41) is 9.04. The SMILES string of the molecule is Cc1ccc(N(C)c2ccc(C(=O)O)c(Br)c2)c(C)c1. The zero-order chi connectivity index (χ0) is 14.9. The van der Waals surface area contributed by atoms with Crippen LogP contribution < -0.4 is 4.90 Å². The Labute approximate surface area is 127 Å². The summed E-state index contributed by atoms with van der Waals surface area (Å²) in [6.07, 6.45) is 0. The zero-order valence-electron chi connectivity index (χ0n) is 11.6. The number of aryl methyl sites for hydroxylation is 2. The molecule has 0 fully saturated rings. The van der Waals surface area contributed by atoms with E-state index in [9.17, 15) is 4.79 Å². The summed E-state index contributed by atoms with van der Waals surface area (Å²) in [5.74, 6) is -0.933. The normalized spacial score (nSPS) is 10.4. The first-order valence-corrected chi connectivity index (χ1v) is 7.03. The Hall–Kier alpha value is -1.81. The maximum Gasteiger partial charge on any atom is 0.336 e. The predicted molar refractivity (Wildman–Crippen MR) is 85.1 cm³/mol. The van der Waals surface area contributed by atoms with Gasteiger partial charge in [-0.05, 0) is 59.6 Å². The Morgan fingerprint density at radius 3 is 2.40 bits per heavy atom. The second kappa shape index (κ2) is 5.67. The molecular weight excluding hydrogens is 318 g/mol. The van der Waals surface area contributed by atoms with Gasteiger partial charge in [0.15, 0.2) is 0 Å². The van der Waals surface area contributed by atoms with E-state index in [-0.39, 0.29) is 5.56 Å². The van der Waals surface area contributed by atoms with E-state index < -0.39 is 5.97 Å². The molecule has 3 nitrogen and oxygen atoms in total. The Morgan fingerprint density at radius 2 is 1.85 bits per heavy atom. The molecule has 0 radical (unpaired) electrons. The number of carboxylic acids is 1. The van der Waals surface area contributed by atoms with Gasteiger partial charge in [-0.2, -0.15) is 0 Å². The molecule has 0 saturated heterocycles. The van der Waals surface area contributed by atoms with Crippen LogP contribution in [0.5, 0.6) is 0 Å². The monoisotopic (exact) mass is 333 g/mol. The summed E-state index contributed by atoms with van der Waals surface area (Å²) >= 11 is 3.31. The predicted octanol–water partition coefficient (Wildman–Crippen LogP) is 4.53. The van der Waals surface area contributed by atoms with E-state index >= 15 is 0 Å². The highest BCUT2D eigenvalue weighted by Gasteiger charge is 2.12. The number of anilines is 2. The number of rotatable bonds is 3. The van der Waals surface area contributed by atoms with E-state index in [1.54, 1.807) is 6.07 Å². The fourth-order valence-electron chi connectivity index (χ4n) is 2.21. The second-order valence-corrected chi connectivity index (χ2v) is 5.67. The van der Waals surface area contributed by atoms with Gasteiger partial charge in [-0.3, -0.25) is 0 Å². The maximum atomic E-state index is 11.0. The van der Waals surface area contributed by atoms with Crippen LogP contribution in [0.4, 0.5) is 11.4 Å². The Bertz CT molecular complexity index is 668. The Kier molecular flexibility index (Phi) is 4.14. The van der Waals surface area contributed by atoms with Gasteiger partial charge in [0.2, 0.25) is 0 Å². The van der Waals surface area contributed by atoms with Crippen LogP contribution in [0.15, 0.2) is 40.9 Å². The second-order valence-electron chi connectivity index (χ2n) is 4.82. The van der Waals surface area contributed by atoms with Crippen molar-refractivity contribution in [3.8, 4) is 0 Å². The summed E-state index contributed by atoms with van der Waals surface area (Å²) in [6, 6.07) is 11.5. The largest absolute Gasteiger partial charge is 0.478 e. The van der Waals surface area contributed by atoms with Crippen LogP contribution in [-0.4, -0.2) is 18.1 Å². The van der Waals surface area contributed by atoms with Crippen LogP contribution in [0.2, 0.25) is 0 Å². The van der Waals surface area contributed by atoms with Crippen molar-refractivity contribution in [1.82, 2.24) is 0 Å². The lowest BCUT2D eigenvalue weighted by atomic mass is 10.1. The topological polar surface area (TPSA) is 40.5 Å². The van der Waals surface area contributed by atoms with Crippen molar-refractivity contribution in [1.29, 1.82) is 0 Å². The van der Waals surface area contributed by atoms with Gasteiger partial charge in [0, 0.05) is 22.9 Å². The van der Waals surface area contributed by atoms with Crippen LogP contribution in [0, 0.1) is 13.8 Å². The van der Waals surface area contributed by atoms with Gasteiger partial charge >= 0.3 is 5.97 Å². The number of hydrogen-bond donors (Lipinski definition) is 1. The van der Waals surface area contributed by atoms with Gasteiger partial charge in [0.25, 0.3) is 0 Å². The minimum atomic E-state index is -0.933. The summed E-state index contributed by atoms with van der Waals surface area (Å²) in [7, 11) is 1.97. The van der Waals surface area contributed by atoms with E-state index in [0.29, 0.717) is 4.47 Å². The van der Waals surface area contributed by atoms with E-state index in [1.807, 2.05) is 24.1 Å². The number of carboxylic acid groups (broad SMARTS) is 1. The number of halogens is 1. The van der Waals surface area contributed by atoms with Crippen molar-refractivity contribution in [2.24, 2.45) is 0 Å². The fraction of sp³-hybridized carbons (Fsp3) is 0.188. The molecule has 0 heterocycles. The standard InChI is InChI=1S/C16H16BrNO2/c1-10-4-7-15(11(2)8-10)18(3)12-5-6-13(16(19)20)14(17)9-12/h4-9H,1-3H3,(H,19,20). The van der Waals surface area contributed by atoms with Crippen molar-refractivity contribution in [3.05, 3.63) is 57.6 Å². The molecule has 20 heavy (non-hydrogen) atoms. The number of nitrogens with zero attached hydrogens (tertiary/aromatic N) is 1. The summed E-state index contributed by atoms with van der Waals surface area (Å²) in [5.41, 5.74) is 4.72. The van der Waals surface area contributed by atoms with Gasteiger partial charge in [0.1, 0.15) is 0 Å². The van der Waals surface area contributed by atoms with E-state index in [2.05, 4.69) is 48.0 Å². The molecule has 0 bridgehead atoms. The van der Waals surface area contributed by atoms with Crippen LogP contribution in [0.1, 0.15) is 21.5 Å². The van der Waals surface area contributed by atoms with Crippen LogP contribution in [0.3, 0.4) is 0 Å². The first-order valence-electron chi connectivity index (χ1n) is 6.24. The lowest BCUT2D eigenvalue weighted by Gasteiger charge is -2.22. The van der Waals surface area contributed by atoms with Crippen molar-refractivity contribution >= 4 is 33.3 Å². The fourth-order valence-corrected chi connectivity index (χ4v) is 2.74. The third-order valence-electron chi connectivity index (χ3n) is 3.28. The van der Waals surface area contributed by atoms with Crippen molar-refractivity contribution in [3.63, 3.8) is 0 Å². The third kappa shape index (κ3) is 2.85. The van der Waals surface area contributed by atoms with Gasteiger partial charge in [0.05, 0.1) is 5.56 Å². The lowest BCUT2D eigenvalue weighted by Crippen LogP contribution is -2.11. The first-order chi connectivity index (χ1) is 9.40. The minimum Gasteiger partial charge on any atom is -0.478 e. The average molecular weight is 334 g/mol. The smallest absolute Gasteiger partial charge is 0.336 e. The van der Waals surface area contributed by atoms with Gasteiger partial charge < -0.3 is 10.0 Å². The molecular formula is C16H16BrNO2. The maximum absolute atomic E-state index is 11.0. The third-order valence-corrected chi connectivity index (χ3v) is 3.94. The first kappa shape index (κ1) is 14.6. The Morgan fingerprint density at radius 1 is 1.15 bits per heavy atom. The lowest BCUT2D eigenvalue weighted by molar-refractivity contribution is 0.0696. The highest BCUT2D eigenvalue weighted by molar-refractivity contribution is 9.10. The summed E-state index contributed by atoms with van der Waals surface area (Å²) in [6.45, 7) is 4.13. The molecule has 0 aliphatic carbocycles. The van der Waals surface area contributed by atoms with E-state index in [0.717, 1.165) is 11.4 Å². The molecule has 0 saturated carbocycles. The van der Waals surface area contributed by atoms with Crippen molar-refractivity contribution in [2.45, 2.75) is 13.8 Å². The molecule has 2 rings (SSSR count). The molecule has 0 atom stereocenters. The molecule has 4 heteroatoms. The van der Waals surface area contributed by atoms with Crippen LogP contribution >= 0.6 is 15.9 Å². The van der Waals surface area contributed by atoms with Crippen molar-refractivity contribution < 1.29 is 9.90 Å². The number of hydrogen-bond acceptors (Lipinski definition) is 2. The summed E-state index contributed by atoms with van der Waals surface area (Å²) < 4.78 is 0.583. The molecule has 0 aliphatic rings. The van der Waals surface area contributed by atoms with E-state index in [4.69, 9.17) is 5.11 Å². The molecule has 2 aromatic carbocycles. The van der Waals surface area contributed by atoms with Gasteiger partial charge in [-0.1, -0.05) is 17.7 Å². The minimum absolute atomic E-state index is 0.266. The molecule has 1 N–H and O–H groups in total. The van der Waals surface area contributed by atoms with Crippen molar-refractivity contribution in [2.75, 3.05) is 11.9 Å². The van der Waals surface area contributed by atoms with Gasteiger partial charge in [-0.15, -0.1) is 0 Å². The van der Waals surface area contributed by atoms with Gasteiger partial charge in [-0.25, -0.2) is 4.79 Å². The molecule has 0 unspecified atom stereocenters. The molecule has 0 amide bonds. The molecule has 2 aromatic rings. The number of benzene rings is 2. The molecule has 104 valence electrons. The number of aromatic carboxylic acids is 1. The average Bonchev–Trinajstić information content (AvgIpc) is 2.37. The molecule has 0 aliphatic heterocycles. The highest BCUT2D eigenvalue weighted by Crippen LogP contribution is 2.30. The quantitative estimate of drug-likeness (QED) is 0.896. The van der Waals surface area contributed by atoms with Crippen LogP contribution in [-0.2, 0) is 0 Å². The van der Waals surface area contributed by atoms with Crippen LogP contribution in [0.25, 0.3) is 0 Å². The van der Waals surface area contributed by atoms with E-state index in [1.165, 1.54) is 11.1 Å². The zero-order valence-corrected chi connectivity index (χ0v) is 13.2. The Balaban J connectivity index is 2.40. The molecule has 0 aromatic heterocycles. The number of carbonyl (C=O) groups is 1. The molecule has 0 spiro atoms.